The molecule has 0 aliphatic heterocycles. The van der Waals surface area contributed by atoms with Gasteiger partial charge in [0.05, 0.1) is 6.61 Å². The second-order valence-electron chi connectivity index (χ2n) is 6.39. The standard InChI is InChI=1S/C22H27FO2/c1-3-4-5-6-7-8-15-25-20-13-14-21(22(23)16-20)19-11-9-18(10-12-19)17(2)24/h9-14,16H,3-8,15H2,1-2H3. The average molecular weight is 342 g/mol. The molecule has 2 rings (SSSR count). The van der Waals surface area contributed by atoms with E-state index in [1.54, 1.807) is 36.4 Å². The number of carbonyl (C=O) groups is 1. The lowest BCUT2D eigenvalue weighted by Gasteiger charge is -2.09. The molecular formula is C22H27FO2. The SMILES string of the molecule is CCCCCCCCOc1ccc(-c2ccc(C(C)=O)cc2)c(F)c1. The van der Waals surface area contributed by atoms with E-state index >= 15 is 0 Å². The monoisotopic (exact) mass is 342 g/mol. The van der Waals surface area contributed by atoms with Crippen molar-refractivity contribution in [2.45, 2.75) is 52.4 Å². The van der Waals surface area contributed by atoms with E-state index in [4.69, 9.17) is 4.74 Å². The Morgan fingerprint density at radius 3 is 2.28 bits per heavy atom. The summed E-state index contributed by atoms with van der Waals surface area (Å²) < 4.78 is 20.0. The predicted molar refractivity (Wildman–Crippen MR) is 101 cm³/mol. The highest BCUT2D eigenvalue weighted by molar-refractivity contribution is 5.94. The van der Waals surface area contributed by atoms with Gasteiger partial charge < -0.3 is 4.74 Å². The van der Waals surface area contributed by atoms with Gasteiger partial charge in [0.15, 0.2) is 5.78 Å². The van der Waals surface area contributed by atoms with Gasteiger partial charge in [-0.15, -0.1) is 0 Å². The fourth-order valence-corrected chi connectivity index (χ4v) is 2.78. The molecule has 0 saturated heterocycles. The molecule has 2 aromatic rings. The Morgan fingerprint density at radius 2 is 1.64 bits per heavy atom. The maximum absolute atomic E-state index is 14.4. The van der Waals surface area contributed by atoms with Crippen LogP contribution in [-0.2, 0) is 0 Å². The van der Waals surface area contributed by atoms with Crippen LogP contribution in [0, 0.1) is 5.82 Å². The summed E-state index contributed by atoms with van der Waals surface area (Å²) in [6.07, 6.45) is 7.21. The number of ketones is 1. The van der Waals surface area contributed by atoms with Crippen LogP contribution in [0.5, 0.6) is 5.75 Å². The van der Waals surface area contributed by atoms with Gasteiger partial charge in [-0.25, -0.2) is 4.39 Å². The van der Waals surface area contributed by atoms with Crippen molar-refractivity contribution in [1.82, 2.24) is 0 Å². The molecule has 2 nitrogen and oxygen atoms in total. The van der Waals surface area contributed by atoms with Crippen LogP contribution in [0.15, 0.2) is 42.5 Å². The van der Waals surface area contributed by atoms with Crippen LogP contribution >= 0.6 is 0 Å². The molecule has 134 valence electrons. The molecule has 0 fully saturated rings. The first-order valence-electron chi connectivity index (χ1n) is 9.15. The van der Waals surface area contributed by atoms with E-state index in [0.717, 1.165) is 18.4 Å². The molecule has 0 unspecified atom stereocenters. The minimum Gasteiger partial charge on any atom is -0.493 e. The fourth-order valence-electron chi connectivity index (χ4n) is 2.78. The molecule has 0 saturated carbocycles. The molecule has 0 spiro atoms. The second-order valence-corrected chi connectivity index (χ2v) is 6.39. The van der Waals surface area contributed by atoms with E-state index in [-0.39, 0.29) is 11.6 Å². The lowest BCUT2D eigenvalue weighted by molar-refractivity contribution is 0.101. The quantitative estimate of drug-likeness (QED) is 0.367. The van der Waals surface area contributed by atoms with Gasteiger partial charge in [0.1, 0.15) is 11.6 Å². The van der Waals surface area contributed by atoms with Crippen molar-refractivity contribution < 1.29 is 13.9 Å². The third kappa shape index (κ3) is 6.00. The summed E-state index contributed by atoms with van der Waals surface area (Å²) in [5.74, 6) is 0.261. The lowest BCUT2D eigenvalue weighted by atomic mass is 10.0. The maximum Gasteiger partial charge on any atom is 0.159 e. The third-order valence-corrected chi connectivity index (χ3v) is 4.31. The van der Waals surface area contributed by atoms with Crippen LogP contribution in [0.1, 0.15) is 62.7 Å². The molecule has 0 N–H and O–H groups in total. The van der Waals surface area contributed by atoms with Crippen molar-refractivity contribution in [3.63, 3.8) is 0 Å². The Labute approximate surface area is 150 Å². The minimum absolute atomic E-state index is 0.00506. The van der Waals surface area contributed by atoms with Gasteiger partial charge in [-0.3, -0.25) is 4.79 Å². The van der Waals surface area contributed by atoms with Gasteiger partial charge in [0.2, 0.25) is 0 Å². The highest BCUT2D eigenvalue weighted by Crippen LogP contribution is 2.26. The molecule has 0 heterocycles. The van der Waals surface area contributed by atoms with Crippen LogP contribution in [-0.4, -0.2) is 12.4 Å². The van der Waals surface area contributed by atoms with E-state index in [1.165, 1.54) is 38.7 Å². The van der Waals surface area contributed by atoms with E-state index in [1.807, 2.05) is 0 Å². The lowest BCUT2D eigenvalue weighted by Crippen LogP contribution is -1.98. The van der Waals surface area contributed by atoms with Crippen LogP contribution in [0.25, 0.3) is 11.1 Å². The number of ether oxygens (including phenoxy) is 1. The van der Waals surface area contributed by atoms with E-state index in [9.17, 15) is 9.18 Å². The van der Waals surface area contributed by atoms with Gasteiger partial charge in [0, 0.05) is 17.2 Å². The summed E-state index contributed by atoms with van der Waals surface area (Å²) in [4.78, 5) is 11.3. The Morgan fingerprint density at radius 1 is 0.960 bits per heavy atom. The number of hydrogen-bond donors (Lipinski definition) is 0. The second kappa shape index (κ2) is 9.97. The highest BCUT2D eigenvalue weighted by atomic mass is 19.1. The largest absolute Gasteiger partial charge is 0.493 e. The van der Waals surface area contributed by atoms with Crippen LogP contribution < -0.4 is 4.74 Å². The zero-order valence-corrected chi connectivity index (χ0v) is 15.2. The van der Waals surface area contributed by atoms with Gasteiger partial charge >= 0.3 is 0 Å². The molecule has 0 aromatic heterocycles. The summed E-state index contributed by atoms with van der Waals surface area (Å²) in [7, 11) is 0. The third-order valence-electron chi connectivity index (χ3n) is 4.31. The zero-order valence-electron chi connectivity index (χ0n) is 15.2. The Kier molecular flexibility index (Phi) is 7.65. The fraction of sp³-hybridized carbons (Fsp3) is 0.409. The van der Waals surface area contributed by atoms with Crippen LogP contribution in [0.2, 0.25) is 0 Å². The van der Waals surface area contributed by atoms with Crippen LogP contribution in [0.3, 0.4) is 0 Å². The number of rotatable bonds is 10. The van der Waals surface area contributed by atoms with Crippen molar-refractivity contribution in [2.75, 3.05) is 6.61 Å². The van der Waals surface area contributed by atoms with Gasteiger partial charge in [-0.1, -0.05) is 63.3 Å². The molecule has 0 aliphatic rings. The van der Waals surface area contributed by atoms with Gasteiger partial charge in [-0.05, 0) is 31.0 Å². The number of carbonyl (C=O) groups excluding carboxylic acids is 1. The molecule has 0 bridgehead atoms. The maximum atomic E-state index is 14.4. The van der Waals surface area contributed by atoms with E-state index in [0.29, 0.717) is 23.5 Å². The van der Waals surface area contributed by atoms with Crippen molar-refractivity contribution >= 4 is 5.78 Å². The zero-order chi connectivity index (χ0) is 18.1. The first-order valence-corrected chi connectivity index (χ1v) is 9.15. The Bertz CT molecular complexity index is 677. The normalized spacial score (nSPS) is 10.7. The topological polar surface area (TPSA) is 26.3 Å². The van der Waals surface area contributed by atoms with E-state index in [2.05, 4.69) is 6.92 Å². The summed E-state index contributed by atoms with van der Waals surface area (Å²) >= 11 is 0. The molecule has 0 aliphatic carbocycles. The summed E-state index contributed by atoms with van der Waals surface area (Å²) in [6, 6.07) is 12.0. The molecule has 2 aromatic carbocycles. The Balaban J connectivity index is 1.88. The number of benzene rings is 2. The number of hydrogen-bond acceptors (Lipinski definition) is 2. The molecule has 0 amide bonds. The van der Waals surface area contributed by atoms with Gasteiger partial charge in [0.25, 0.3) is 0 Å². The summed E-state index contributed by atoms with van der Waals surface area (Å²) in [6.45, 7) is 4.35. The number of unbranched alkanes of at least 4 members (excludes halogenated alkanes) is 5. The molecule has 25 heavy (non-hydrogen) atoms. The van der Waals surface area contributed by atoms with E-state index < -0.39 is 0 Å². The smallest absolute Gasteiger partial charge is 0.159 e. The number of halogens is 1. The van der Waals surface area contributed by atoms with Crippen molar-refractivity contribution in [2.24, 2.45) is 0 Å². The molecule has 0 radical (unpaired) electrons. The molecule has 0 atom stereocenters. The van der Waals surface area contributed by atoms with Crippen molar-refractivity contribution in [1.29, 1.82) is 0 Å². The van der Waals surface area contributed by atoms with Crippen molar-refractivity contribution in [3.8, 4) is 16.9 Å². The Hall–Kier alpha value is -2.16. The highest BCUT2D eigenvalue weighted by Gasteiger charge is 2.08. The molecule has 3 heteroatoms. The van der Waals surface area contributed by atoms with Crippen molar-refractivity contribution in [3.05, 3.63) is 53.8 Å². The summed E-state index contributed by atoms with van der Waals surface area (Å²) in [5, 5.41) is 0. The minimum atomic E-state index is -0.309. The summed E-state index contributed by atoms with van der Waals surface area (Å²) in [5.41, 5.74) is 1.90. The van der Waals surface area contributed by atoms with Gasteiger partial charge in [-0.2, -0.15) is 0 Å². The first kappa shape index (κ1) is 19.2. The predicted octanol–water partition coefficient (Wildman–Crippen LogP) is 6.43. The molecular weight excluding hydrogens is 315 g/mol. The average Bonchev–Trinajstić information content (AvgIpc) is 2.61. The number of Topliss-reactive ketones (excluding diaryl/α,β-unsaturated/α-hetero) is 1. The van der Waals surface area contributed by atoms with Crippen LogP contribution in [0.4, 0.5) is 4.39 Å². The first-order chi connectivity index (χ1) is 12.1.